The Hall–Kier alpha value is -1.84. The minimum atomic E-state index is -0.802. The second kappa shape index (κ2) is 7.37. The van der Waals surface area contributed by atoms with Gasteiger partial charge in [0.1, 0.15) is 5.54 Å². The molecule has 0 radical (unpaired) electrons. The number of nitrogens with one attached hydrogen (secondary N) is 1. The first-order chi connectivity index (χ1) is 11.6. The Morgan fingerprint density at radius 1 is 1.21 bits per heavy atom. The fourth-order valence-electron chi connectivity index (χ4n) is 4.20. The number of carbonyl (C=O) groups is 2. The molecule has 2 aliphatic rings. The molecule has 1 fully saturated rings. The summed E-state index contributed by atoms with van der Waals surface area (Å²) in [5.74, 6) is -0.0134. The molecule has 0 aromatic heterocycles. The van der Waals surface area contributed by atoms with Crippen LogP contribution in [0, 0.1) is 0 Å². The number of hydrogen-bond acceptors (Lipinski definition) is 3. The highest BCUT2D eigenvalue weighted by Gasteiger charge is 2.42. The molecule has 3 rings (SSSR count). The molecule has 1 N–H and O–H groups in total. The van der Waals surface area contributed by atoms with Crippen molar-refractivity contribution in [3.63, 3.8) is 0 Å². The quantitative estimate of drug-likeness (QED) is 0.841. The van der Waals surface area contributed by atoms with E-state index in [0.717, 1.165) is 32.1 Å². The monoisotopic (exact) mass is 329 g/mol. The molecule has 0 bridgehead atoms. The molecule has 1 amide bonds. The first-order valence-corrected chi connectivity index (χ1v) is 9.20. The molecule has 4 heteroatoms. The molecule has 1 saturated carbocycles. The van der Waals surface area contributed by atoms with Gasteiger partial charge >= 0.3 is 5.97 Å². The number of ether oxygens (including phenoxy) is 1. The number of rotatable bonds is 5. The molecule has 2 aliphatic carbocycles. The van der Waals surface area contributed by atoms with Crippen LogP contribution in [0.1, 0.15) is 68.9 Å². The smallest absolute Gasteiger partial charge is 0.331 e. The molecule has 0 heterocycles. The number of carbonyl (C=O) groups excluding carboxylic acids is 2. The average Bonchev–Trinajstić information content (AvgIpc) is 2.99. The van der Waals surface area contributed by atoms with Crippen molar-refractivity contribution in [2.45, 2.75) is 69.7 Å². The summed E-state index contributed by atoms with van der Waals surface area (Å²) in [6.07, 6.45) is 6.94. The normalized spacial score (nSPS) is 21.8. The average molecular weight is 329 g/mol. The summed E-state index contributed by atoms with van der Waals surface area (Å²) >= 11 is 0. The Morgan fingerprint density at radius 3 is 2.71 bits per heavy atom. The van der Waals surface area contributed by atoms with E-state index in [1.165, 1.54) is 11.1 Å². The molecule has 4 nitrogen and oxygen atoms in total. The minimum Gasteiger partial charge on any atom is -0.464 e. The molecule has 130 valence electrons. The standard InChI is InChI=1S/C20H27NO3/c1-2-24-19(23)20(12-6-3-7-13-20)21-18(22)14-16-11-10-15-8-4-5-9-17(15)16/h4-5,8-9,16H,2-3,6-7,10-14H2,1H3,(H,21,22). The van der Waals surface area contributed by atoms with Gasteiger partial charge in [-0.15, -0.1) is 0 Å². The van der Waals surface area contributed by atoms with Crippen molar-refractivity contribution < 1.29 is 14.3 Å². The summed E-state index contributed by atoms with van der Waals surface area (Å²) in [7, 11) is 0. The Kier molecular flexibility index (Phi) is 5.22. The van der Waals surface area contributed by atoms with Crippen LogP contribution in [-0.4, -0.2) is 24.0 Å². The number of aryl methyl sites for hydroxylation is 1. The molecule has 1 atom stereocenters. The summed E-state index contributed by atoms with van der Waals surface area (Å²) in [6.45, 7) is 2.16. The zero-order valence-electron chi connectivity index (χ0n) is 14.5. The first-order valence-electron chi connectivity index (χ1n) is 9.20. The summed E-state index contributed by atoms with van der Waals surface area (Å²) in [6, 6.07) is 8.37. The lowest BCUT2D eigenvalue weighted by molar-refractivity contribution is -0.155. The fourth-order valence-corrected chi connectivity index (χ4v) is 4.20. The van der Waals surface area contributed by atoms with E-state index in [9.17, 15) is 9.59 Å². The molecule has 1 aromatic rings. The van der Waals surface area contributed by atoms with Gasteiger partial charge in [-0.1, -0.05) is 43.5 Å². The van der Waals surface area contributed by atoms with Crippen LogP contribution in [0.4, 0.5) is 0 Å². The zero-order valence-corrected chi connectivity index (χ0v) is 14.5. The third kappa shape index (κ3) is 3.47. The van der Waals surface area contributed by atoms with Gasteiger partial charge < -0.3 is 10.1 Å². The van der Waals surface area contributed by atoms with Crippen molar-refractivity contribution >= 4 is 11.9 Å². The van der Waals surface area contributed by atoms with Crippen LogP contribution in [-0.2, 0) is 20.7 Å². The molecule has 24 heavy (non-hydrogen) atoms. The van der Waals surface area contributed by atoms with Crippen molar-refractivity contribution in [1.29, 1.82) is 0 Å². The maximum Gasteiger partial charge on any atom is 0.331 e. The van der Waals surface area contributed by atoms with E-state index >= 15 is 0 Å². The van der Waals surface area contributed by atoms with Gasteiger partial charge in [0.05, 0.1) is 6.61 Å². The van der Waals surface area contributed by atoms with Gasteiger partial charge in [-0.3, -0.25) is 4.79 Å². The van der Waals surface area contributed by atoms with E-state index in [-0.39, 0.29) is 17.8 Å². The van der Waals surface area contributed by atoms with E-state index in [1.54, 1.807) is 0 Å². The minimum absolute atomic E-state index is 0.0216. The largest absolute Gasteiger partial charge is 0.464 e. The number of amides is 1. The van der Waals surface area contributed by atoms with Crippen LogP contribution in [0.3, 0.4) is 0 Å². The lowest BCUT2D eigenvalue weighted by Gasteiger charge is -2.35. The Bertz CT molecular complexity index is 605. The first kappa shape index (κ1) is 17.0. The van der Waals surface area contributed by atoms with Crippen LogP contribution in [0.25, 0.3) is 0 Å². The third-order valence-corrected chi connectivity index (χ3v) is 5.44. The SMILES string of the molecule is CCOC(=O)C1(NC(=O)CC2CCc3ccccc32)CCCCC1. The van der Waals surface area contributed by atoms with Crippen molar-refractivity contribution in [2.24, 2.45) is 0 Å². The maximum absolute atomic E-state index is 12.7. The van der Waals surface area contributed by atoms with Gasteiger partial charge in [0.25, 0.3) is 0 Å². The summed E-state index contributed by atoms with van der Waals surface area (Å²) in [4.78, 5) is 25.1. The molecular weight excluding hydrogens is 302 g/mol. The predicted molar refractivity (Wildman–Crippen MR) is 92.7 cm³/mol. The van der Waals surface area contributed by atoms with Gasteiger partial charge in [0.15, 0.2) is 0 Å². The lowest BCUT2D eigenvalue weighted by atomic mass is 9.81. The van der Waals surface area contributed by atoms with E-state index in [2.05, 4.69) is 23.5 Å². The molecular formula is C20H27NO3. The fraction of sp³-hybridized carbons (Fsp3) is 0.600. The summed E-state index contributed by atoms with van der Waals surface area (Å²) in [5.41, 5.74) is 1.85. The molecule has 1 aromatic carbocycles. The predicted octanol–water partition coefficient (Wildman–Crippen LogP) is 3.49. The second-order valence-electron chi connectivity index (χ2n) is 7.05. The van der Waals surface area contributed by atoms with Crippen molar-refractivity contribution in [3.05, 3.63) is 35.4 Å². The van der Waals surface area contributed by atoms with E-state index in [1.807, 2.05) is 13.0 Å². The topological polar surface area (TPSA) is 55.4 Å². The summed E-state index contributed by atoms with van der Waals surface area (Å²) in [5, 5.41) is 3.06. The van der Waals surface area contributed by atoms with Crippen LogP contribution >= 0.6 is 0 Å². The number of fused-ring (bicyclic) bond motifs is 1. The van der Waals surface area contributed by atoms with Gasteiger partial charge in [-0.2, -0.15) is 0 Å². The number of hydrogen-bond donors (Lipinski definition) is 1. The third-order valence-electron chi connectivity index (χ3n) is 5.44. The number of esters is 1. The number of benzene rings is 1. The lowest BCUT2D eigenvalue weighted by Crippen LogP contribution is -2.56. The molecule has 1 unspecified atom stereocenters. The van der Waals surface area contributed by atoms with Crippen LogP contribution in [0.15, 0.2) is 24.3 Å². The Morgan fingerprint density at radius 2 is 1.96 bits per heavy atom. The van der Waals surface area contributed by atoms with E-state index in [0.29, 0.717) is 25.9 Å². The van der Waals surface area contributed by atoms with Gasteiger partial charge in [-0.25, -0.2) is 4.79 Å². The molecule has 0 aliphatic heterocycles. The van der Waals surface area contributed by atoms with Crippen molar-refractivity contribution in [3.8, 4) is 0 Å². The van der Waals surface area contributed by atoms with Gasteiger partial charge in [-0.05, 0) is 49.7 Å². The van der Waals surface area contributed by atoms with E-state index in [4.69, 9.17) is 4.74 Å². The van der Waals surface area contributed by atoms with Gasteiger partial charge in [0.2, 0.25) is 5.91 Å². The zero-order chi connectivity index (χ0) is 17.0. The van der Waals surface area contributed by atoms with Gasteiger partial charge in [0, 0.05) is 6.42 Å². The molecule has 0 saturated heterocycles. The van der Waals surface area contributed by atoms with E-state index < -0.39 is 5.54 Å². The van der Waals surface area contributed by atoms with Crippen LogP contribution in [0.5, 0.6) is 0 Å². The second-order valence-corrected chi connectivity index (χ2v) is 7.05. The highest BCUT2D eigenvalue weighted by atomic mass is 16.5. The highest BCUT2D eigenvalue weighted by molar-refractivity contribution is 5.88. The highest BCUT2D eigenvalue weighted by Crippen LogP contribution is 2.36. The van der Waals surface area contributed by atoms with Crippen LogP contribution < -0.4 is 5.32 Å². The Labute approximate surface area is 144 Å². The molecule has 0 spiro atoms. The van der Waals surface area contributed by atoms with Crippen molar-refractivity contribution in [2.75, 3.05) is 6.61 Å². The maximum atomic E-state index is 12.7. The Balaban J connectivity index is 1.67. The van der Waals surface area contributed by atoms with Crippen molar-refractivity contribution in [1.82, 2.24) is 5.32 Å². The summed E-state index contributed by atoms with van der Waals surface area (Å²) < 4.78 is 5.26. The van der Waals surface area contributed by atoms with Crippen LogP contribution in [0.2, 0.25) is 0 Å².